The number of aliphatic hydroxyl groups is 1. The molecule has 34 heavy (non-hydrogen) atoms. The van der Waals surface area contributed by atoms with E-state index in [1.54, 1.807) is 30.3 Å². The molecule has 0 saturated carbocycles. The Morgan fingerprint density at radius 2 is 1.47 bits per heavy atom. The highest BCUT2D eigenvalue weighted by atomic mass is 16.5. The van der Waals surface area contributed by atoms with E-state index in [0.29, 0.717) is 28.3 Å². The fourth-order valence-electron chi connectivity index (χ4n) is 4.30. The molecule has 0 bridgehead atoms. The average molecular weight is 459 g/mol. The molecule has 1 fully saturated rings. The molecular formula is C27H25NO6. The number of phenolic OH excluding ortho intramolecular Hbond substituents is 1. The van der Waals surface area contributed by atoms with Crippen LogP contribution >= 0.6 is 0 Å². The lowest BCUT2D eigenvalue weighted by Crippen LogP contribution is -2.29. The lowest BCUT2D eigenvalue weighted by molar-refractivity contribution is -0.132. The van der Waals surface area contributed by atoms with Crippen LogP contribution in [0.5, 0.6) is 17.2 Å². The summed E-state index contributed by atoms with van der Waals surface area (Å²) in [7, 11) is 2.97. The van der Waals surface area contributed by atoms with Crippen molar-refractivity contribution in [2.45, 2.75) is 19.9 Å². The molecule has 7 nitrogen and oxygen atoms in total. The van der Waals surface area contributed by atoms with Gasteiger partial charge in [-0.2, -0.15) is 0 Å². The number of benzene rings is 3. The number of ether oxygens (including phenoxy) is 2. The second-order valence-corrected chi connectivity index (χ2v) is 8.18. The molecule has 1 atom stereocenters. The minimum absolute atomic E-state index is 0.0481. The van der Waals surface area contributed by atoms with E-state index in [1.807, 2.05) is 32.0 Å². The number of hydrogen-bond donors (Lipinski definition) is 2. The third-order valence-corrected chi connectivity index (χ3v) is 5.79. The maximum atomic E-state index is 13.3. The van der Waals surface area contributed by atoms with E-state index in [4.69, 9.17) is 9.47 Å². The number of aryl methyl sites for hydroxylation is 2. The van der Waals surface area contributed by atoms with Crippen molar-refractivity contribution in [1.82, 2.24) is 0 Å². The summed E-state index contributed by atoms with van der Waals surface area (Å²) in [5.41, 5.74) is 3.23. The second kappa shape index (κ2) is 8.94. The molecule has 0 spiro atoms. The molecule has 2 N–H and O–H groups in total. The van der Waals surface area contributed by atoms with Crippen molar-refractivity contribution in [2.75, 3.05) is 19.1 Å². The summed E-state index contributed by atoms with van der Waals surface area (Å²) in [5.74, 6) is -0.994. The molecule has 1 heterocycles. The van der Waals surface area contributed by atoms with E-state index >= 15 is 0 Å². The van der Waals surface area contributed by atoms with Crippen molar-refractivity contribution in [1.29, 1.82) is 0 Å². The first-order valence-electron chi connectivity index (χ1n) is 10.7. The Bertz CT molecular complexity index is 1290. The number of nitrogens with zero attached hydrogens (tertiary/aromatic N) is 1. The molecule has 7 heteroatoms. The summed E-state index contributed by atoms with van der Waals surface area (Å²) < 4.78 is 10.6. The summed E-state index contributed by atoms with van der Waals surface area (Å²) in [5, 5.41) is 21.1. The summed E-state index contributed by atoms with van der Waals surface area (Å²) in [4.78, 5) is 28.0. The van der Waals surface area contributed by atoms with Crippen LogP contribution in [-0.2, 0) is 9.59 Å². The number of aliphatic hydroxyl groups excluding tert-OH is 1. The highest BCUT2D eigenvalue weighted by Crippen LogP contribution is 2.43. The van der Waals surface area contributed by atoms with Crippen LogP contribution in [0.25, 0.3) is 5.76 Å². The number of rotatable bonds is 5. The van der Waals surface area contributed by atoms with Crippen LogP contribution in [0.4, 0.5) is 5.69 Å². The number of amides is 1. The molecule has 1 saturated heterocycles. The Morgan fingerprint density at radius 1 is 0.853 bits per heavy atom. The normalized spacial score (nSPS) is 17.2. The van der Waals surface area contributed by atoms with Crippen LogP contribution in [0.2, 0.25) is 0 Å². The molecular weight excluding hydrogens is 434 g/mol. The quantitative estimate of drug-likeness (QED) is 0.328. The standard InChI is InChI=1S/C27H25NO6/c1-15-11-16(2)13-19(12-15)28-24(17-5-8-20(29)9-6-17)23(26(31)27(28)32)25(30)18-7-10-21(33-3)22(14-18)34-4/h5-14,24,29-30H,1-4H3/b25-23-. The topological polar surface area (TPSA) is 96.3 Å². The monoisotopic (exact) mass is 459 g/mol. The van der Waals surface area contributed by atoms with Crippen molar-refractivity contribution in [2.24, 2.45) is 0 Å². The lowest BCUT2D eigenvalue weighted by atomic mass is 9.94. The summed E-state index contributed by atoms with van der Waals surface area (Å²) in [6.45, 7) is 3.82. The van der Waals surface area contributed by atoms with Gasteiger partial charge in [-0.1, -0.05) is 18.2 Å². The van der Waals surface area contributed by atoms with Crippen LogP contribution in [0.3, 0.4) is 0 Å². The van der Waals surface area contributed by atoms with Gasteiger partial charge < -0.3 is 19.7 Å². The van der Waals surface area contributed by atoms with Crippen LogP contribution in [-0.4, -0.2) is 36.1 Å². The highest BCUT2D eigenvalue weighted by Gasteiger charge is 2.47. The summed E-state index contributed by atoms with van der Waals surface area (Å²) in [6, 6.07) is 15.7. The third kappa shape index (κ3) is 3.96. The molecule has 1 aliphatic rings. The summed E-state index contributed by atoms with van der Waals surface area (Å²) in [6.07, 6.45) is 0. The minimum atomic E-state index is -0.894. The molecule has 3 aromatic rings. The van der Waals surface area contributed by atoms with Crippen molar-refractivity contribution in [3.8, 4) is 17.2 Å². The number of hydrogen-bond acceptors (Lipinski definition) is 6. The van der Waals surface area contributed by atoms with Crippen molar-refractivity contribution >= 4 is 23.1 Å². The zero-order valence-electron chi connectivity index (χ0n) is 19.3. The van der Waals surface area contributed by atoms with E-state index in [0.717, 1.165) is 11.1 Å². The maximum Gasteiger partial charge on any atom is 0.300 e. The number of carbonyl (C=O) groups excluding carboxylic acids is 2. The minimum Gasteiger partial charge on any atom is -0.508 e. The van der Waals surface area contributed by atoms with Gasteiger partial charge >= 0.3 is 0 Å². The number of phenols is 1. The van der Waals surface area contributed by atoms with Gasteiger partial charge in [-0.05, 0) is 73.0 Å². The van der Waals surface area contributed by atoms with Gasteiger partial charge in [0.2, 0.25) is 0 Å². The Morgan fingerprint density at radius 3 is 2.06 bits per heavy atom. The van der Waals surface area contributed by atoms with E-state index < -0.39 is 17.7 Å². The average Bonchev–Trinajstić information content (AvgIpc) is 3.08. The van der Waals surface area contributed by atoms with Gasteiger partial charge in [0.25, 0.3) is 11.7 Å². The molecule has 1 aliphatic heterocycles. The molecule has 1 amide bonds. The summed E-state index contributed by atoms with van der Waals surface area (Å²) >= 11 is 0. The van der Waals surface area contributed by atoms with Gasteiger partial charge in [-0.3, -0.25) is 14.5 Å². The zero-order chi connectivity index (χ0) is 24.6. The van der Waals surface area contributed by atoms with Gasteiger partial charge in [0, 0.05) is 11.3 Å². The largest absolute Gasteiger partial charge is 0.508 e. The number of Topliss-reactive ketones (excluding diaryl/α,β-unsaturated/α-hetero) is 1. The Hall–Kier alpha value is -4.26. The van der Waals surface area contributed by atoms with Crippen LogP contribution < -0.4 is 14.4 Å². The van der Waals surface area contributed by atoms with E-state index in [1.165, 1.54) is 31.3 Å². The van der Waals surface area contributed by atoms with Gasteiger partial charge in [0.1, 0.15) is 11.5 Å². The molecule has 0 aromatic heterocycles. The lowest BCUT2D eigenvalue weighted by Gasteiger charge is -2.26. The van der Waals surface area contributed by atoms with E-state index in [-0.39, 0.29) is 17.1 Å². The van der Waals surface area contributed by atoms with Crippen molar-refractivity contribution in [3.05, 3.63) is 88.5 Å². The number of methoxy groups -OCH3 is 2. The number of aromatic hydroxyl groups is 1. The zero-order valence-corrected chi connectivity index (χ0v) is 19.3. The number of ketones is 1. The van der Waals surface area contributed by atoms with Crippen LogP contribution in [0, 0.1) is 13.8 Å². The van der Waals surface area contributed by atoms with Crippen molar-refractivity contribution in [3.63, 3.8) is 0 Å². The smallest absolute Gasteiger partial charge is 0.300 e. The fraction of sp³-hybridized carbons (Fsp3) is 0.185. The first-order chi connectivity index (χ1) is 16.2. The first-order valence-corrected chi connectivity index (χ1v) is 10.7. The van der Waals surface area contributed by atoms with Crippen LogP contribution in [0.1, 0.15) is 28.3 Å². The molecule has 4 rings (SSSR count). The molecule has 0 aliphatic carbocycles. The SMILES string of the molecule is COc1ccc(/C(O)=C2/C(=O)C(=O)N(c3cc(C)cc(C)c3)C2c2ccc(O)cc2)cc1OC. The van der Waals surface area contributed by atoms with Gasteiger partial charge in [0.05, 0.1) is 25.8 Å². The Labute approximate surface area is 197 Å². The Kier molecular flexibility index (Phi) is 6.03. The first kappa shape index (κ1) is 22.9. The van der Waals surface area contributed by atoms with Gasteiger partial charge in [-0.25, -0.2) is 0 Å². The van der Waals surface area contributed by atoms with Crippen LogP contribution in [0.15, 0.2) is 66.2 Å². The second-order valence-electron chi connectivity index (χ2n) is 8.18. The van der Waals surface area contributed by atoms with E-state index in [9.17, 15) is 19.8 Å². The predicted molar refractivity (Wildman–Crippen MR) is 128 cm³/mol. The molecule has 0 radical (unpaired) electrons. The van der Waals surface area contributed by atoms with E-state index in [2.05, 4.69) is 0 Å². The van der Waals surface area contributed by atoms with Crippen molar-refractivity contribution < 1.29 is 29.3 Å². The fourth-order valence-corrected chi connectivity index (χ4v) is 4.30. The predicted octanol–water partition coefficient (Wildman–Crippen LogP) is 4.65. The number of anilines is 1. The Balaban J connectivity index is 1.96. The van der Waals surface area contributed by atoms with Gasteiger partial charge in [-0.15, -0.1) is 0 Å². The highest BCUT2D eigenvalue weighted by molar-refractivity contribution is 6.51. The number of carbonyl (C=O) groups is 2. The molecule has 1 unspecified atom stereocenters. The third-order valence-electron chi connectivity index (χ3n) is 5.79. The molecule has 174 valence electrons. The molecule has 3 aromatic carbocycles. The maximum absolute atomic E-state index is 13.3. The van der Waals surface area contributed by atoms with Gasteiger partial charge in [0.15, 0.2) is 11.5 Å².